The number of aromatic nitrogens is 1. The molecule has 0 aliphatic heterocycles. The van der Waals surface area contributed by atoms with Crippen LogP contribution in [-0.2, 0) is 9.31 Å². The van der Waals surface area contributed by atoms with Crippen molar-refractivity contribution in [1.82, 2.24) is 4.98 Å². The predicted octanol–water partition coefficient (Wildman–Crippen LogP) is 1.63. The van der Waals surface area contributed by atoms with Crippen LogP contribution >= 0.6 is 0 Å². The molecule has 0 radical (unpaired) electrons. The molecule has 0 N–H and O–H groups in total. The lowest BCUT2D eigenvalue weighted by molar-refractivity contribution is 0.138. The lowest BCUT2D eigenvalue weighted by atomic mass is 9.83. The van der Waals surface area contributed by atoms with Gasteiger partial charge in [-0.3, -0.25) is 4.98 Å². The lowest BCUT2D eigenvalue weighted by Crippen LogP contribution is -2.42. The average Bonchev–Trinajstić information content (AvgIpc) is 2.17. The zero-order chi connectivity index (χ0) is 11.3. The summed E-state index contributed by atoms with van der Waals surface area (Å²) in [6.07, 6.45) is 1.99. The normalized spacial score (nSPS) is 11.1. The third kappa shape index (κ3) is 4.45. The summed E-state index contributed by atoms with van der Waals surface area (Å²) < 4.78 is 11.3. The minimum Gasteiger partial charge on any atom is -0.404 e. The Labute approximate surface area is 92.0 Å². The number of hydrogen-bond acceptors (Lipinski definition) is 3. The molecule has 0 saturated carbocycles. The molecule has 0 unspecified atom stereocenters. The van der Waals surface area contributed by atoms with Crippen LogP contribution < -0.4 is 5.59 Å². The molecule has 0 bridgehead atoms. The molecule has 1 aromatic rings. The van der Waals surface area contributed by atoms with Gasteiger partial charge >= 0.3 is 7.12 Å². The predicted molar refractivity (Wildman–Crippen MR) is 62.1 cm³/mol. The molecule has 15 heavy (non-hydrogen) atoms. The molecule has 3 nitrogen and oxygen atoms in total. The van der Waals surface area contributed by atoms with Crippen LogP contribution in [0.5, 0.6) is 0 Å². The Morgan fingerprint density at radius 3 is 2.07 bits per heavy atom. The average molecular weight is 207 g/mol. The molecule has 0 atom stereocenters. The molecule has 1 rings (SSSR count). The second kappa shape index (κ2) is 5.88. The summed E-state index contributed by atoms with van der Waals surface area (Å²) in [5.74, 6) is 0. The van der Waals surface area contributed by atoms with Crippen LogP contribution in [0.25, 0.3) is 0 Å². The van der Waals surface area contributed by atoms with E-state index in [2.05, 4.69) is 4.98 Å². The van der Waals surface area contributed by atoms with Crippen LogP contribution in [0.1, 0.15) is 27.7 Å². The Balaban J connectivity index is 2.72. The zero-order valence-electron chi connectivity index (χ0n) is 9.81. The molecule has 1 heterocycles. The summed E-state index contributed by atoms with van der Waals surface area (Å²) in [5, 5.41) is 0. The minimum atomic E-state index is -0.369. The van der Waals surface area contributed by atoms with Gasteiger partial charge in [-0.2, -0.15) is 0 Å². The van der Waals surface area contributed by atoms with E-state index in [9.17, 15) is 0 Å². The molecule has 0 amide bonds. The van der Waals surface area contributed by atoms with Crippen molar-refractivity contribution in [2.75, 3.05) is 0 Å². The molecule has 1 aromatic heterocycles. The van der Waals surface area contributed by atoms with Crippen molar-refractivity contribution in [1.29, 1.82) is 0 Å². The van der Waals surface area contributed by atoms with E-state index in [1.165, 1.54) is 0 Å². The summed E-state index contributed by atoms with van der Waals surface area (Å²) in [6.45, 7) is 7.94. The van der Waals surface area contributed by atoms with Gasteiger partial charge in [0.25, 0.3) is 0 Å². The highest BCUT2D eigenvalue weighted by Crippen LogP contribution is 2.00. The summed E-state index contributed by atoms with van der Waals surface area (Å²) in [7, 11) is -0.369. The van der Waals surface area contributed by atoms with Crippen molar-refractivity contribution in [2.45, 2.75) is 39.9 Å². The second-order valence-corrected chi connectivity index (χ2v) is 3.96. The lowest BCUT2D eigenvalue weighted by Gasteiger charge is -2.18. The van der Waals surface area contributed by atoms with Crippen molar-refractivity contribution in [3.63, 3.8) is 0 Å². The van der Waals surface area contributed by atoms with Crippen molar-refractivity contribution < 1.29 is 9.31 Å². The van der Waals surface area contributed by atoms with Crippen molar-refractivity contribution in [3.8, 4) is 0 Å². The summed E-state index contributed by atoms with van der Waals surface area (Å²) in [5.41, 5.74) is 0.819. The molecular weight excluding hydrogens is 189 g/mol. The molecule has 0 aliphatic carbocycles. The van der Waals surface area contributed by atoms with E-state index >= 15 is 0 Å². The van der Waals surface area contributed by atoms with Gasteiger partial charge in [-0.1, -0.05) is 6.07 Å². The third-order valence-electron chi connectivity index (χ3n) is 1.72. The molecule has 0 fully saturated rings. The highest BCUT2D eigenvalue weighted by atomic mass is 16.6. The molecule has 4 heteroatoms. The topological polar surface area (TPSA) is 31.4 Å². The Hall–Kier alpha value is -0.865. The first-order valence-corrected chi connectivity index (χ1v) is 5.31. The van der Waals surface area contributed by atoms with Gasteiger partial charge < -0.3 is 9.31 Å². The van der Waals surface area contributed by atoms with Gasteiger partial charge in [-0.25, -0.2) is 0 Å². The molecule has 0 saturated heterocycles. The van der Waals surface area contributed by atoms with Gasteiger partial charge in [0, 0.05) is 18.4 Å². The van der Waals surface area contributed by atoms with Gasteiger partial charge in [-0.15, -0.1) is 0 Å². The highest BCUT2D eigenvalue weighted by Gasteiger charge is 2.25. The number of hydrogen-bond donors (Lipinski definition) is 0. The highest BCUT2D eigenvalue weighted by molar-refractivity contribution is 6.60. The van der Waals surface area contributed by atoms with Gasteiger partial charge in [-0.05, 0) is 39.8 Å². The molecule has 0 aliphatic rings. The maximum atomic E-state index is 5.66. The van der Waals surface area contributed by atoms with E-state index in [4.69, 9.17) is 9.31 Å². The van der Waals surface area contributed by atoms with Gasteiger partial charge in [0.1, 0.15) is 0 Å². The Bertz CT molecular complexity index is 267. The smallest absolute Gasteiger partial charge is 0.404 e. The van der Waals surface area contributed by atoms with Crippen molar-refractivity contribution >= 4 is 12.7 Å². The molecule has 0 aromatic carbocycles. The summed E-state index contributed by atoms with van der Waals surface area (Å²) in [6, 6.07) is 5.73. The minimum absolute atomic E-state index is 0.121. The van der Waals surface area contributed by atoms with Crippen LogP contribution in [0.4, 0.5) is 0 Å². The fraction of sp³-hybridized carbons (Fsp3) is 0.545. The van der Waals surface area contributed by atoms with Crippen molar-refractivity contribution in [2.24, 2.45) is 0 Å². The first kappa shape index (κ1) is 12.2. The van der Waals surface area contributed by atoms with E-state index in [1.807, 2.05) is 45.9 Å². The van der Waals surface area contributed by atoms with Crippen LogP contribution in [0, 0.1) is 0 Å². The largest absolute Gasteiger partial charge is 0.513 e. The van der Waals surface area contributed by atoms with Crippen LogP contribution in [-0.4, -0.2) is 24.3 Å². The number of rotatable bonds is 5. The second-order valence-electron chi connectivity index (χ2n) is 3.96. The van der Waals surface area contributed by atoms with Gasteiger partial charge in [0.2, 0.25) is 0 Å². The zero-order valence-corrected chi connectivity index (χ0v) is 9.81. The van der Waals surface area contributed by atoms with E-state index in [0.29, 0.717) is 0 Å². The third-order valence-corrected chi connectivity index (χ3v) is 1.72. The van der Waals surface area contributed by atoms with E-state index in [0.717, 1.165) is 5.59 Å². The monoisotopic (exact) mass is 207 g/mol. The molecule has 82 valence electrons. The summed E-state index contributed by atoms with van der Waals surface area (Å²) >= 11 is 0. The fourth-order valence-corrected chi connectivity index (χ4v) is 1.18. The van der Waals surface area contributed by atoms with Gasteiger partial charge in [0.05, 0.1) is 5.59 Å². The molecular formula is C11H18BNO2. The van der Waals surface area contributed by atoms with E-state index in [-0.39, 0.29) is 19.3 Å². The first-order valence-electron chi connectivity index (χ1n) is 5.31. The Kier molecular flexibility index (Phi) is 4.79. The number of nitrogens with zero attached hydrogens (tertiary/aromatic N) is 1. The fourth-order valence-electron chi connectivity index (χ4n) is 1.18. The van der Waals surface area contributed by atoms with Crippen molar-refractivity contribution in [3.05, 3.63) is 24.4 Å². The number of pyridine rings is 1. The first-order chi connectivity index (χ1) is 7.09. The SMILES string of the molecule is CC(C)OB(OC(C)C)c1ccccn1. The van der Waals surface area contributed by atoms with E-state index < -0.39 is 0 Å². The van der Waals surface area contributed by atoms with E-state index in [1.54, 1.807) is 6.20 Å². The van der Waals surface area contributed by atoms with Crippen LogP contribution in [0.3, 0.4) is 0 Å². The maximum Gasteiger partial charge on any atom is 0.513 e. The standard InChI is InChI=1S/C11H18BNO2/c1-9(2)14-12(15-10(3)4)11-7-5-6-8-13-11/h5-10H,1-4H3. The molecule has 0 spiro atoms. The summed E-state index contributed by atoms with van der Waals surface area (Å²) in [4.78, 5) is 4.24. The van der Waals surface area contributed by atoms with Crippen LogP contribution in [0.2, 0.25) is 0 Å². The Morgan fingerprint density at radius 1 is 1.07 bits per heavy atom. The quantitative estimate of drug-likeness (QED) is 0.687. The Morgan fingerprint density at radius 2 is 1.67 bits per heavy atom. The van der Waals surface area contributed by atoms with Crippen LogP contribution in [0.15, 0.2) is 24.4 Å². The van der Waals surface area contributed by atoms with Gasteiger partial charge in [0.15, 0.2) is 0 Å². The maximum absolute atomic E-state index is 5.66.